The second-order valence-electron chi connectivity index (χ2n) is 10.2. The number of nitrogens with one attached hydrogen (secondary N) is 2. The van der Waals surface area contributed by atoms with Crippen molar-refractivity contribution in [1.82, 2.24) is 14.9 Å². The number of rotatable bonds is 7. The van der Waals surface area contributed by atoms with Gasteiger partial charge in [0, 0.05) is 26.1 Å². The van der Waals surface area contributed by atoms with Crippen LogP contribution < -0.4 is 10.0 Å². The highest BCUT2D eigenvalue weighted by molar-refractivity contribution is 7.91. The highest BCUT2D eigenvalue weighted by atomic mass is 32.2. The number of ether oxygens (including phenoxy) is 2. The van der Waals surface area contributed by atoms with Crippen molar-refractivity contribution in [2.75, 3.05) is 27.0 Å². The molecule has 35 heavy (non-hydrogen) atoms. The van der Waals surface area contributed by atoms with Crippen molar-refractivity contribution in [2.24, 2.45) is 17.8 Å². The average Bonchev–Trinajstić information content (AvgIpc) is 3.73. The van der Waals surface area contributed by atoms with Crippen molar-refractivity contribution < 1.29 is 32.3 Å². The monoisotopic (exact) mass is 511 g/mol. The van der Waals surface area contributed by atoms with E-state index >= 15 is 0 Å². The van der Waals surface area contributed by atoms with Crippen molar-refractivity contribution in [1.29, 1.82) is 0 Å². The highest BCUT2D eigenvalue weighted by Gasteiger charge is 2.62. The first-order valence-corrected chi connectivity index (χ1v) is 14.2. The van der Waals surface area contributed by atoms with Gasteiger partial charge in [-0.3, -0.25) is 19.1 Å². The number of nitrogens with zero attached hydrogens (tertiary/aromatic N) is 1. The second kappa shape index (κ2) is 10.6. The Balaban J connectivity index is 1.56. The first-order valence-electron chi connectivity index (χ1n) is 12.7. The normalized spacial score (nSPS) is 34.9. The largest absolute Gasteiger partial charge is 0.356 e. The molecule has 1 aliphatic heterocycles. The molecule has 3 amide bonds. The Hall–Kier alpha value is -1.98. The van der Waals surface area contributed by atoms with Gasteiger partial charge < -0.3 is 19.7 Å². The molecule has 0 aromatic rings. The summed E-state index contributed by atoms with van der Waals surface area (Å²) in [6, 6.07) is 0. The molecule has 196 valence electrons. The Labute approximate surface area is 207 Å². The van der Waals surface area contributed by atoms with Crippen LogP contribution in [-0.2, 0) is 33.9 Å². The molecule has 0 aromatic heterocycles. The van der Waals surface area contributed by atoms with Crippen molar-refractivity contribution in [3.8, 4) is 0 Å². The van der Waals surface area contributed by atoms with E-state index in [9.17, 15) is 22.8 Å². The average molecular weight is 512 g/mol. The third-order valence-electron chi connectivity index (χ3n) is 7.59. The number of carbonyl (C=O) groups excluding carboxylic acids is 3. The van der Waals surface area contributed by atoms with Crippen LogP contribution in [0.5, 0.6) is 0 Å². The van der Waals surface area contributed by atoms with Crippen molar-refractivity contribution >= 4 is 27.7 Å². The Morgan fingerprint density at radius 2 is 1.97 bits per heavy atom. The number of hydrogen-bond acceptors (Lipinski definition) is 7. The summed E-state index contributed by atoms with van der Waals surface area (Å²) in [5, 5.41) is 2.33. The van der Waals surface area contributed by atoms with Crippen LogP contribution in [0.15, 0.2) is 12.2 Å². The van der Waals surface area contributed by atoms with E-state index in [0.717, 1.165) is 19.3 Å². The van der Waals surface area contributed by atoms with Gasteiger partial charge in [-0.05, 0) is 58.3 Å². The van der Waals surface area contributed by atoms with Gasteiger partial charge in [0.2, 0.25) is 21.8 Å². The van der Waals surface area contributed by atoms with Gasteiger partial charge in [-0.25, -0.2) is 8.42 Å². The predicted molar refractivity (Wildman–Crippen MR) is 127 cm³/mol. The van der Waals surface area contributed by atoms with Crippen LogP contribution >= 0.6 is 0 Å². The summed E-state index contributed by atoms with van der Waals surface area (Å²) >= 11 is 0. The topological polar surface area (TPSA) is 131 Å². The number of sulfonamides is 1. The Morgan fingerprint density at radius 3 is 2.69 bits per heavy atom. The lowest BCUT2D eigenvalue weighted by molar-refractivity contribution is -0.140. The van der Waals surface area contributed by atoms with Crippen molar-refractivity contribution in [3.05, 3.63) is 12.2 Å². The van der Waals surface area contributed by atoms with Crippen molar-refractivity contribution in [2.45, 2.75) is 75.2 Å². The lowest BCUT2D eigenvalue weighted by Crippen LogP contribution is -2.54. The van der Waals surface area contributed by atoms with Crippen molar-refractivity contribution in [3.63, 3.8) is 0 Å². The molecule has 11 heteroatoms. The second-order valence-corrected chi connectivity index (χ2v) is 12.2. The molecule has 5 atom stereocenters. The number of hydrogen-bond donors (Lipinski definition) is 2. The lowest BCUT2D eigenvalue weighted by atomic mass is 9.93. The van der Waals surface area contributed by atoms with Crippen LogP contribution in [0.2, 0.25) is 0 Å². The predicted octanol–water partition coefficient (Wildman–Crippen LogP) is 1.07. The molecule has 3 fully saturated rings. The van der Waals surface area contributed by atoms with Crippen LogP contribution in [0.25, 0.3) is 0 Å². The zero-order valence-corrected chi connectivity index (χ0v) is 21.3. The van der Waals surface area contributed by atoms with E-state index in [1.54, 1.807) is 11.9 Å². The van der Waals surface area contributed by atoms with E-state index in [1.807, 2.05) is 19.1 Å². The minimum Gasteiger partial charge on any atom is -0.356 e. The first-order chi connectivity index (χ1) is 16.7. The van der Waals surface area contributed by atoms with Crippen LogP contribution in [0.4, 0.5) is 0 Å². The summed E-state index contributed by atoms with van der Waals surface area (Å²) in [4.78, 5) is 41.7. The molecule has 4 aliphatic rings. The van der Waals surface area contributed by atoms with Gasteiger partial charge in [-0.1, -0.05) is 12.2 Å². The zero-order chi connectivity index (χ0) is 25.2. The quantitative estimate of drug-likeness (QED) is 0.297. The standard InChI is InChI=1S/C24H37N3O7S/c1-3-33-15-34-17-12-19-20(13-17)22(29)27(2)11-7-5-4-6-8-16-14-24(16,25-21(19)28)23(30)26-35(31,32)18-9-10-18/h6,8,16-20H,3-5,7,9-15H2,1-2H3,(H,25,28)(H,26,30)/b8-6-/t16-,17-,19?,20-,24-/m1/s1. The maximum atomic E-state index is 13.5. The zero-order valence-electron chi connectivity index (χ0n) is 20.5. The molecule has 1 heterocycles. The Bertz CT molecular complexity index is 964. The summed E-state index contributed by atoms with van der Waals surface area (Å²) in [5.74, 6) is -2.74. The summed E-state index contributed by atoms with van der Waals surface area (Å²) in [7, 11) is -2.00. The molecule has 0 spiro atoms. The molecule has 10 nitrogen and oxygen atoms in total. The van der Waals surface area contributed by atoms with E-state index < -0.39 is 44.5 Å². The number of fused-ring (bicyclic) bond motifs is 2. The van der Waals surface area contributed by atoms with E-state index in [1.165, 1.54) is 0 Å². The molecule has 2 N–H and O–H groups in total. The Kier molecular flexibility index (Phi) is 7.87. The van der Waals surface area contributed by atoms with Gasteiger partial charge in [0.1, 0.15) is 12.3 Å². The Morgan fingerprint density at radius 1 is 1.23 bits per heavy atom. The molecular weight excluding hydrogens is 474 g/mol. The van der Waals surface area contributed by atoms with Crippen LogP contribution in [0, 0.1) is 17.8 Å². The highest BCUT2D eigenvalue weighted by Crippen LogP contribution is 2.47. The first kappa shape index (κ1) is 26.1. The fraction of sp³-hybridized carbons (Fsp3) is 0.792. The molecule has 4 rings (SSSR count). The lowest BCUT2D eigenvalue weighted by Gasteiger charge is -2.26. The van der Waals surface area contributed by atoms with Crippen LogP contribution in [-0.4, -0.2) is 74.9 Å². The molecule has 1 unspecified atom stereocenters. The van der Waals surface area contributed by atoms with Gasteiger partial charge in [0.05, 0.1) is 23.2 Å². The molecule has 0 aromatic carbocycles. The minimum absolute atomic E-state index is 0.0878. The SMILES string of the molecule is CCOCO[C@@H]1CC2C(=O)N[C@]3(C(=O)NS(=O)(=O)C4CC4)C[C@H]3/C=C\CCCCN(C)C(=O)[C@@H]2C1. The fourth-order valence-electron chi connectivity index (χ4n) is 5.16. The maximum Gasteiger partial charge on any atom is 0.259 e. The van der Waals surface area contributed by atoms with E-state index in [4.69, 9.17) is 9.47 Å². The summed E-state index contributed by atoms with van der Waals surface area (Å²) in [6.07, 6.45) is 8.20. The molecule has 0 radical (unpaired) electrons. The van der Waals surface area contributed by atoms with Crippen LogP contribution in [0.3, 0.4) is 0 Å². The summed E-state index contributed by atoms with van der Waals surface area (Å²) < 4.78 is 38.1. The summed E-state index contributed by atoms with van der Waals surface area (Å²) in [6.45, 7) is 3.05. The van der Waals surface area contributed by atoms with E-state index in [0.29, 0.717) is 45.3 Å². The number of allylic oxidation sites excluding steroid dienone is 1. The molecule has 0 bridgehead atoms. The third kappa shape index (κ3) is 5.89. The number of amides is 3. The number of carbonyl (C=O) groups is 3. The third-order valence-corrected chi connectivity index (χ3v) is 9.41. The van der Waals surface area contributed by atoms with Gasteiger partial charge >= 0.3 is 0 Å². The van der Waals surface area contributed by atoms with E-state index in [2.05, 4.69) is 10.0 Å². The smallest absolute Gasteiger partial charge is 0.259 e. The molecule has 0 saturated heterocycles. The summed E-state index contributed by atoms with van der Waals surface area (Å²) in [5.41, 5.74) is -1.32. The maximum absolute atomic E-state index is 13.5. The van der Waals surface area contributed by atoms with Gasteiger partial charge in [-0.15, -0.1) is 0 Å². The van der Waals surface area contributed by atoms with Gasteiger partial charge in [-0.2, -0.15) is 0 Å². The fourth-order valence-corrected chi connectivity index (χ4v) is 6.52. The van der Waals surface area contributed by atoms with Crippen LogP contribution in [0.1, 0.15) is 58.3 Å². The molecule has 3 aliphatic carbocycles. The minimum atomic E-state index is -3.75. The van der Waals surface area contributed by atoms with Gasteiger partial charge in [0.15, 0.2) is 0 Å². The van der Waals surface area contributed by atoms with E-state index in [-0.39, 0.29) is 24.7 Å². The molecular formula is C24H37N3O7S. The molecule has 3 saturated carbocycles. The van der Waals surface area contributed by atoms with Gasteiger partial charge in [0.25, 0.3) is 5.91 Å².